The molecular weight excluding hydrogens is 393 g/mol. The van der Waals surface area contributed by atoms with Crippen molar-refractivity contribution in [2.45, 2.75) is 32.7 Å². The number of carbonyl (C=O) groups excluding carboxylic acids is 1. The summed E-state index contributed by atoms with van der Waals surface area (Å²) in [5.41, 5.74) is 2.86. The number of carbonyl (C=O) groups is 1. The normalized spacial score (nSPS) is 14.6. The van der Waals surface area contributed by atoms with Gasteiger partial charge in [-0.2, -0.15) is 0 Å². The van der Waals surface area contributed by atoms with E-state index in [9.17, 15) is 9.18 Å². The molecule has 1 aromatic heterocycles. The second kappa shape index (κ2) is 9.33. The van der Waals surface area contributed by atoms with Crippen LogP contribution in [0.1, 0.15) is 40.3 Å². The first-order chi connectivity index (χ1) is 15.0. The van der Waals surface area contributed by atoms with Gasteiger partial charge < -0.3 is 14.2 Å². The number of amides is 1. The van der Waals surface area contributed by atoms with Gasteiger partial charge in [-0.15, -0.1) is 0 Å². The molecule has 31 heavy (non-hydrogen) atoms. The topological polar surface area (TPSA) is 47.4 Å². The standard InChI is InChI=1S/C25H28FN3O2/c1-18-16-27-24(29(18)17-20-3-7-22(26)8-4-20)15-19-11-13-28(14-12-19)25(30)21-5-9-23(31-2)10-6-21/h3-10,16,19H,11-15,17H2,1-2H3. The third kappa shape index (κ3) is 4.95. The number of imidazole rings is 1. The summed E-state index contributed by atoms with van der Waals surface area (Å²) in [4.78, 5) is 19.4. The highest BCUT2D eigenvalue weighted by Crippen LogP contribution is 2.24. The van der Waals surface area contributed by atoms with Gasteiger partial charge in [-0.05, 0) is 67.6 Å². The number of likely N-dealkylation sites (tertiary alicyclic amines) is 1. The molecule has 1 saturated heterocycles. The van der Waals surface area contributed by atoms with E-state index in [4.69, 9.17) is 4.74 Å². The molecule has 3 aromatic rings. The fourth-order valence-corrected chi connectivity index (χ4v) is 4.18. The zero-order chi connectivity index (χ0) is 21.8. The van der Waals surface area contributed by atoms with Crippen LogP contribution in [0.5, 0.6) is 5.75 Å². The Labute approximate surface area is 182 Å². The molecule has 0 bridgehead atoms. The van der Waals surface area contributed by atoms with Gasteiger partial charge in [-0.1, -0.05) is 12.1 Å². The lowest BCUT2D eigenvalue weighted by atomic mass is 9.92. The molecule has 2 aromatic carbocycles. The molecule has 1 aliphatic heterocycles. The van der Waals surface area contributed by atoms with Crippen molar-refractivity contribution in [3.05, 3.63) is 83.2 Å². The molecule has 0 saturated carbocycles. The van der Waals surface area contributed by atoms with Crippen molar-refractivity contribution in [1.29, 1.82) is 0 Å². The summed E-state index contributed by atoms with van der Waals surface area (Å²) < 4.78 is 20.6. The largest absolute Gasteiger partial charge is 0.497 e. The van der Waals surface area contributed by atoms with E-state index in [-0.39, 0.29) is 11.7 Å². The lowest BCUT2D eigenvalue weighted by Crippen LogP contribution is -2.39. The van der Waals surface area contributed by atoms with Gasteiger partial charge in [0.15, 0.2) is 0 Å². The smallest absolute Gasteiger partial charge is 0.253 e. The number of piperidine rings is 1. The Balaban J connectivity index is 1.35. The van der Waals surface area contributed by atoms with Crippen molar-refractivity contribution in [3.63, 3.8) is 0 Å². The van der Waals surface area contributed by atoms with Gasteiger partial charge in [0.25, 0.3) is 5.91 Å². The molecule has 0 radical (unpaired) electrons. The number of nitrogens with zero attached hydrogens (tertiary/aromatic N) is 3. The highest BCUT2D eigenvalue weighted by molar-refractivity contribution is 5.94. The molecule has 0 unspecified atom stereocenters. The fourth-order valence-electron chi connectivity index (χ4n) is 4.18. The van der Waals surface area contributed by atoms with Crippen LogP contribution in [0.15, 0.2) is 54.7 Å². The van der Waals surface area contributed by atoms with Gasteiger partial charge in [0.2, 0.25) is 0 Å². The molecule has 1 amide bonds. The zero-order valence-electron chi connectivity index (χ0n) is 18.1. The fraction of sp³-hybridized carbons (Fsp3) is 0.360. The summed E-state index contributed by atoms with van der Waals surface area (Å²) in [7, 11) is 1.62. The quantitative estimate of drug-likeness (QED) is 0.590. The van der Waals surface area contributed by atoms with Crippen LogP contribution in [0.4, 0.5) is 4.39 Å². The van der Waals surface area contributed by atoms with Crippen LogP contribution in [0, 0.1) is 18.7 Å². The van der Waals surface area contributed by atoms with E-state index < -0.39 is 0 Å². The van der Waals surface area contributed by atoms with E-state index in [0.717, 1.165) is 55.2 Å². The summed E-state index contributed by atoms with van der Waals surface area (Å²) in [6.45, 7) is 4.26. The second-order valence-corrected chi connectivity index (χ2v) is 8.20. The minimum atomic E-state index is -0.220. The molecule has 0 spiro atoms. The minimum Gasteiger partial charge on any atom is -0.497 e. The molecule has 0 N–H and O–H groups in total. The Kier molecular flexibility index (Phi) is 6.35. The molecular formula is C25H28FN3O2. The summed E-state index contributed by atoms with van der Waals surface area (Å²) in [5, 5.41) is 0. The number of hydrogen-bond donors (Lipinski definition) is 0. The Bertz CT molecular complexity index is 1020. The maximum absolute atomic E-state index is 13.2. The number of aromatic nitrogens is 2. The summed E-state index contributed by atoms with van der Waals surface area (Å²) in [6.07, 6.45) is 4.72. The first-order valence-electron chi connectivity index (χ1n) is 10.7. The maximum Gasteiger partial charge on any atom is 0.253 e. The number of benzene rings is 2. The molecule has 4 rings (SSSR count). The van der Waals surface area contributed by atoms with Gasteiger partial charge in [-0.25, -0.2) is 9.37 Å². The van der Waals surface area contributed by atoms with Gasteiger partial charge >= 0.3 is 0 Å². The molecule has 1 aliphatic rings. The van der Waals surface area contributed by atoms with Crippen molar-refractivity contribution in [2.75, 3.05) is 20.2 Å². The van der Waals surface area contributed by atoms with Crippen molar-refractivity contribution in [3.8, 4) is 5.75 Å². The van der Waals surface area contributed by atoms with E-state index in [2.05, 4.69) is 16.5 Å². The number of halogens is 1. The number of methoxy groups -OCH3 is 1. The van der Waals surface area contributed by atoms with Crippen LogP contribution in [0.2, 0.25) is 0 Å². The molecule has 5 nitrogen and oxygen atoms in total. The average molecular weight is 422 g/mol. The van der Waals surface area contributed by atoms with Crippen LogP contribution in [-0.2, 0) is 13.0 Å². The third-order valence-corrected chi connectivity index (χ3v) is 6.10. The summed E-state index contributed by atoms with van der Waals surface area (Å²) >= 11 is 0. The van der Waals surface area contributed by atoms with Gasteiger partial charge in [-0.3, -0.25) is 4.79 Å². The van der Waals surface area contributed by atoms with Crippen molar-refractivity contribution in [1.82, 2.24) is 14.5 Å². The van der Waals surface area contributed by atoms with Crippen LogP contribution < -0.4 is 4.74 Å². The molecule has 162 valence electrons. The van der Waals surface area contributed by atoms with Crippen LogP contribution in [-0.4, -0.2) is 40.6 Å². The molecule has 2 heterocycles. The van der Waals surface area contributed by atoms with E-state index in [1.54, 1.807) is 7.11 Å². The number of ether oxygens (including phenoxy) is 1. The number of hydrogen-bond acceptors (Lipinski definition) is 3. The van der Waals surface area contributed by atoms with E-state index >= 15 is 0 Å². The monoisotopic (exact) mass is 421 g/mol. The van der Waals surface area contributed by atoms with Crippen molar-refractivity contribution < 1.29 is 13.9 Å². The second-order valence-electron chi connectivity index (χ2n) is 8.20. The van der Waals surface area contributed by atoms with E-state index in [0.29, 0.717) is 18.0 Å². The highest BCUT2D eigenvalue weighted by Gasteiger charge is 2.25. The van der Waals surface area contributed by atoms with Crippen LogP contribution in [0.25, 0.3) is 0 Å². The minimum absolute atomic E-state index is 0.0785. The van der Waals surface area contributed by atoms with E-state index in [1.807, 2.05) is 47.5 Å². The van der Waals surface area contributed by atoms with Gasteiger partial charge in [0.1, 0.15) is 17.4 Å². The Morgan fingerprint density at radius 2 is 1.77 bits per heavy atom. The number of aryl methyl sites for hydroxylation is 1. The first-order valence-corrected chi connectivity index (χ1v) is 10.7. The zero-order valence-corrected chi connectivity index (χ0v) is 18.1. The lowest BCUT2D eigenvalue weighted by molar-refractivity contribution is 0.0689. The Hall–Kier alpha value is -3.15. The predicted octanol–water partition coefficient (Wildman–Crippen LogP) is 4.48. The van der Waals surface area contributed by atoms with Crippen LogP contribution in [0.3, 0.4) is 0 Å². The van der Waals surface area contributed by atoms with E-state index in [1.165, 1.54) is 12.1 Å². The van der Waals surface area contributed by atoms with Crippen molar-refractivity contribution in [2.24, 2.45) is 5.92 Å². The highest BCUT2D eigenvalue weighted by atomic mass is 19.1. The molecule has 0 aliphatic carbocycles. The summed E-state index contributed by atoms with van der Waals surface area (Å²) in [6, 6.07) is 13.9. The predicted molar refractivity (Wildman–Crippen MR) is 118 cm³/mol. The van der Waals surface area contributed by atoms with Gasteiger partial charge in [0.05, 0.1) is 7.11 Å². The molecule has 0 atom stereocenters. The van der Waals surface area contributed by atoms with Crippen molar-refractivity contribution >= 4 is 5.91 Å². The Morgan fingerprint density at radius 3 is 2.42 bits per heavy atom. The molecule has 6 heteroatoms. The molecule has 1 fully saturated rings. The maximum atomic E-state index is 13.2. The first kappa shape index (κ1) is 21.1. The Morgan fingerprint density at radius 1 is 1.10 bits per heavy atom. The SMILES string of the molecule is COc1ccc(C(=O)N2CCC(Cc3ncc(C)n3Cc3ccc(F)cc3)CC2)cc1. The van der Waals surface area contributed by atoms with Gasteiger partial charge in [0, 0.05) is 43.5 Å². The number of rotatable bonds is 6. The third-order valence-electron chi connectivity index (χ3n) is 6.10. The summed E-state index contributed by atoms with van der Waals surface area (Å²) in [5.74, 6) is 2.16. The van der Waals surface area contributed by atoms with Crippen LogP contribution >= 0.6 is 0 Å². The average Bonchev–Trinajstić information content (AvgIpc) is 3.14. The lowest BCUT2D eigenvalue weighted by Gasteiger charge is -2.32.